The molecule has 1 aromatic carbocycles. The van der Waals surface area contributed by atoms with E-state index in [2.05, 4.69) is 19.1 Å². The van der Waals surface area contributed by atoms with Crippen molar-refractivity contribution in [2.75, 3.05) is 12.8 Å². The first-order valence-corrected chi connectivity index (χ1v) is 14.6. The Morgan fingerprint density at radius 2 is 1.38 bits per heavy atom. The number of carbonyl (C=O) groups is 1. The van der Waals surface area contributed by atoms with Crippen LogP contribution >= 0.6 is 7.37 Å². The molecule has 1 N–H and O–H groups in total. The molecule has 0 aromatic heterocycles. The Morgan fingerprint density at radius 3 is 1.97 bits per heavy atom. The summed E-state index contributed by atoms with van der Waals surface area (Å²) < 4.78 is 17.5. The van der Waals surface area contributed by atoms with Crippen LogP contribution in [0.3, 0.4) is 0 Å². The van der Waals surface area contributed by atoms with Gasteiger partial charge in [0.25, 0.3) is 0 Å². The van der Waals surface area contributed by atoms with Gasteiger partial charge >= 0.3 is 5.97 Å². The van der Waals surface area contributed by atoms with Crippen molar-refractivity contribution in [3.05, 3.63) is 42.5 Å². The molecule has 0 heterocycles. The van der Waals surface area contributed by atoms with E-state index in [1.54, 1.807) is 30.3 Å². The van der Waals surface area contributed by atoms with Gasteiger partial charge in [-0.15, -0.1) is 0 Å². The van der Waals surface area contributed by atoms with Gasteiger partial charge in [0.1, 0.15) is 0 Å². The highest BCUT2D eigenvalue weighted by Crippen LogP contribution is 2.39. The second-order valence-electron chi connectivity index (χ2n) is 8.67. The molecule has 0 amide bonds. The first-order valence-electron chi connectivity index (χ1n) is 12.7. The van der Waals surface area contributed by atoms with E-state index in [9.17, 15) is 14.3 Å². The Balaban J connectivity index is 1.89. The minimum Gasteiger partial charge on any atom is -0.466 e. The van der Waals surface area contributed by atoms with Gasteiger partial charge in [0.05, 0.1) is 13.0 Å². The number of benzene rings is 1. The molecule has 1 aromatic rings. The van der Waals surface area contributed by atoms with Crippen LogP contribution in [0.15, 0.2) is 42.5 Å². The first kappa shape index (κ1) is 28.7. The molecule has 0 aliphatic heterocycles. The van der Waals surface area contributed by atoms with Crippen molar-refractivity contribution < 1.29 is 19.0 Å². The van der Waals surface area contributed by atoms with Crippen LogP contribution in [-0.2, 0) is 14.1 Å². The summed E-state index contributed by atoms with van der Waals surface area (Å²) in [6.07, 6.45) is 22.0. The molecule has 182 valence electrons. The topological polar surface area (TPSA) is 63.6 Å². The lowest BCUT2D eigenvalue weighted by Crippen LogP contribution is -2.12. The van der Waals surface area contributed by atoms with E-state index in [0.29, 0.717) is 11.9 Å². The monoisotopic (exact) mass is 464 g/mol. The van der Waals surface area contributed by atoms with E-state index in [1.165, 1.54) is 77.0 Å². The van der Waals surface area contributed by atoms with E-state index in [4.69, 9.17) is 4.74 Å². The lowest BCUT2D eigenvalue weighted by molar-refractivity contribution is -0.143. The van der Waals surface area contributed by atoms with Crippen LogP contribution < -0.4 is 5.30 Å². The molecule has 4 nitrogen and oxygen atoms in total. The molecule has 0 radical (unpaired) electrons. The number of hydrogen-bond acceptors (Lipinski definition) is 3. The molecular weight excluding hydrogens is 419 g/mol. The zero-order valence-electron chi connectivity index (χ0n) is 20.2. The standard InChI is InChI=1S/C27H45O4P/c1-2-3-4-5-6-7-8-9-10-11-12-13-14-15-16-20-24-31-27(28)23-25-32(29,30)26-21-18-17-19-22-26/h9-10,17-19,21-22H,2-8,11-16,20,23-25H2,1H3,(H,29,30)/b10-9-. The number of carbonyl (C=O) groups excluding carboxylic acids is 1. The summed E-state index contributed by atoms with van der Waals surface area (Å²) in [4.78, 5) is 21.9. The zero-order valence-corrected chi connectivity index (χ0v) is 21.1. The number of hydrogen-bond donors (Lipinski definition) is 1. The van der Waals surface area contributed by atoms with Gasteiger partial charge in [-0.2, -0.15) is 0 Å². The maximum atomic E-state index is 12.3. The van der Waals surface area contributed by atoms with E-state index < -0.39 is 7.37 Å². The predicted molar refractivity (Wildman–Crippen MR) is 136 cm³/mol. The molecular formula is C27H45O4P. The normalized spacial score (nSPS) is 13.3. The molecule has 1 unspecified atom stereocenters. The van der Waals surface area contributed by atoms with Crippen molar-refractivity contribution in [3.63, 3.8) is 0 Å². The molecule has 32 heavy (non-hydrogen) atoms. The predicted octanol–water partition coefficient (Wildman–Crippen LogP) is 7.55. The van der Waals surface area contributed by atoms with Gasteiger partial charge in [-0.1, -0.05) is 95.1 Å². The molecule has 0 saturated heterocycles. The van der Waals surface area contributed by atoms with Crippen LogP contribution in [-0.4, -0.2) is 23.6 Å². The maximum Gasteiger partial charge on any atom is 0.306 e. The quantitative estimate of drug-likeness (QED) is 0.0936. The van der Waals surface area contributed by atoms with Crippen molar-refractivity contribution in [3.8, 4) is 0 Å². The van der Waals surface area contributed by atoms with Gasteiger partial charge in [-0.25, -0.2) is 0 Å². The lowest BCUT2D eigenvalue weighted by atomic mass is 10.1. The van der Waals surface area contributed by atoms with Gasteiger partial charge in [0.15, 0.2) is 0 Å². The average Bonchev–Trinajstić information content (AvgIpc) is 2.80. The van der Waals surface area contributed by atoms with Crippen LogP contribution in [0.1, 0.15) is 103 Å². The van der Waals surface area contributed by atoms with Crippen LogP contribution in [0.2, 0.25) is 0 Å². The number of ether oxygens (including phenoxy) is 1. The fraction of sp³-hybridized carbons (Fsp3) is 0.667. The number of unbranched alkanes of at least 4 members (excludes halogenated alkanes) is 12. The van der Waals surface area contributed by atoms with Crippen LogP contribution in [0.4, 0.5) is 0 Å². The molecule has 1 rings (SSSR count). The minimum atomic E-state index is -3.48. The largest absolute Gasteiger partial charge is 0.466 e. The second-order valence-corrected chi connectivity index (χ2v) is 11.0. The first-order chi connectivity index (χ1) is 15.6. The van der Waals surface area contributed by atoms with Gasteiger partial charge in [-0.05, 0) is 44.2 Å². The molecule has 0 bridgehead atoms. The average molecular weight is 465 g/mol. The molecule has 0 saturated carbocycles. The third-order valence-corrected chi connectivity index (χ3v) is 7.63. The van der Waals surface area contributed by atoms with Gasteiger partial charge in [0, 0.05) is 11.5 Å². The summed E-state index contributed by atoms with van der Waals surface area (Å²) in [7, 11) is -3.48. The van der Waals surface area contributed by atoms with Crippen LogP contribution in [0.5, 0.6) is 0 Å². The summed E-state index contributed by atoms with van der Waals surface area (Å²) >= 11 is 0. The lowest BCUT2D eigenvalue weighted by Gasteiger charge is -2.11. The van der Waals surface area contributed by atoms with Crippen LogP contribution in [0.25, 0.3) is 0 Å². The Morgan fingerprint density at radius 1 is 0.844 bits per heavy atom. The van der Waals surface area contributed by atoms with Crippen molar-refractivity contribution in [1.82, 2.24) is 0 Å². The van der Waals surface area contributed by atoms with E-state index in [-0.39, 0.29) is 18.6 Å². The SMILES string of the molecule is CCCCCCCC/C=C\CCCCCCCCOC(=O)CCP(=O)(O)c1ccccc1. The maximum absolute atomic E-state index is 12.3. The fourth-order valence-corrected chi connectivity index (χ4v) is 5.02. The molecule has 0 aliphatic rings. The van der Waals surface area contributed by atoms with Crippen LogP contribution in [0, 0.1) is 0 Å². The number of esters is 1. The summed E-state index contributed by atoms with van der Waals surface area (Å²) in [5.41, 5.74) is 0. The number of rotatable bonds is 20. The minimum absolute atomic E-state index is 0.0188. The zero-order chi connectivity index (χ0) is 23.3. The van der Waals surface area contributed by atoms with Gasteiger partial charge in [0.2, 0.25) is 7.37 Å². The number of allylic oxidation sites excluding steroid dienone is 2. The highest BCUT2D eigenvalue weighted by molar-refractivity contribution is 7.66. The third-order valence-electron chi connectivity index (χ3n) is 5.70. The molecule has 0 fully saturated rings. The highest BCUT2D eigenvalue weighted by atomic mass is 31.2. The molecule has 0 spiro atoms. The van der Waals surface area contributed by atoms with Gasteiger partial charge < -0.3 is 9.63 Å². The molecule has 1 atom stereocenters. The summed E-state index contributed by atoms with van der Waals surface area (Å²) in [5, 5.41) is 0.390. The van der Waals surface area contributed by atoms with Crippen molar-refractivity contribution >= 4 is 18.6 Å². The van der Waals surface area contributed by atoms with Crippen molar-refractivity contribution in [2.24, 2.45) is 0 Å². The highest BCUT2D eigenvalue weighted by Gasteiger charge is 2.22. The summed E-state index contributed by atoms with van der Waals surface area (Å²) in [6, 6.07) is 8.50. The smallest absolute Gasteiger partial charge is 0.306 e. The van der Waals surface area contributed by atoms with Gasteiger partial charge in [-0.3, -0.25) is 9.36 Å². The van der Waals surface area contributed by atoms with Crippen molar-refractivity contribution in [2.45, 2.75) is 103 Å². The fourth-order valence-electron chi connectivity index (χ4n) is 3.64. The molecule has 5 heteroatoms. The Labute approximate surface area is 196 Å². The third kappa shape index (κ3) is 15.4. The summed E-state index contributed by atoms with van der Waals surface area (Å²) in [5.74, 6) is -0.386. The molecule has 0 aliphatic carbocycles. The summed E-state index contributed by atoms with van der Waals surface area (Å²) in [6.45, 7) is 2.66. The van der Waals surface area contributed by atoms with E-state index in [1.807, 2.05) is 0 Å². The second kappa shape index (κ2) is 19.1. The van der Waals surface area contributed by atoms with Crippen molar-refractivity contribution in [1.29, 1.82) is 0 Å². The Bertz CT molecular complexity index is 657. The van der Waals surface area contributed by atoms with E-state index >= 15 is 0 Å². The Hall–Kier alpha value is -1.38. The van der Waals surface area contributed by atoms with E-state index in [0.717, 1.165) is 12.8 Å². The Kier molecular flexibility index (Phi) is 17.1.